The van der Waals surface area contributed by atoms with E-state index in [1.807, 2.05) is 17.9 Å². The fraction of sp³-hybridized carbons (Fsp3) is 0.357. The number of benzene rings is 1. The maximum absolute atomic E-state index is 4.59. The summed E-state index contributed by atoms with van der Waals surface area (Å²) < 4.78 is 2.98. The molecule has 0 aliphatic carbocycles. The molecular formula is C14H18BrN3. The van der Waals surface area contributed by atoms with Crippen LogP contribution in [0.15, 0.2) is 34.9 Å². The van der Waals surface area contributed by atoms with Crippen LogP contribution in [0.2, 0.25) is 0 Å². The second-order valence-corrected chi connectivity index (χ2v) is 5.51. The van der Waals surface area contributed by atoms with Crippen LogP contribution in [0.5, 0.6) is 0 Å². The number of nitrogens with one attached hydrogen (secondary N) is 1. The van der Waals surface area contributed by atoms with E-state index in [4.69, 9.17) is 0 Å². The highest BCUT2D eigenvalue weighted by molar-refractivity contribution is 9.10. The second-order valence-electron chi connectivity index (χ2n) is 4.66. The maximum Gasteiger partial charge on any atom is 0.0787 e. The summed E-state index contributed by atoms with van der Waals surface area (Å²) in [5.41, 5.74) is 3.44. The molecule has 4 heteroatoms. The van der Waals surface area contributed by atoms with Crippen molar-refractivity contribution in [1.29, 1.82) is 0 Å². The molecule has 2 aromatic rings. The molecular weight excluding hydrogens is 290 g/mol. The predicted octanol–water partition coefficient (Wildman–Crippen LogP) is 3.48. The van der Waals surface area contributed by atoms with Gasteiger partial charge < -0.3 is 5.32 Å². The van der Waals surface area contributed by atoms with Gasteiger partial charge in [0.1, 0.15) is 0 Å². The van der Waals surface area contributed by atoms with Crippen molar-refractivity contribution in [2.24, 2.45) is 0 Å². The minimum Gasteiger partial charge on any atom is -0.316 e. The van der Waals surface area contributed by atoms with Crippen LogP contribution in [0.1, 0.15) is 31.0 Å². The number of nitrogens with zero attached hydrogens (tertiary/aromatic N) is 2. The third kappa shape index (κ3) is 2.82. The van der Waals surface area contributed by atoms with Crippen LogP contribution in [-0.2, 0) is 6.54 Å². The van der Waals surface area contributed by atoms with Gasteiger partial charge in [-0.2, -0.15) is 5.10 Å². The Morgan fingerprint density at radius 2 is 2.11 bits per heavy atom. The second kappa shape index (κ2) is 5.67. The normalized spacial score (nSPS) is 11.2. The molecule has 2 rings (SSSR count). The van der Waals surface area contributed by atoms with Crippen molar-refractivity contribution in [3.05, 3.63) is 46.2 Å². The van der Waals surface area contributed by atoms with Crippen molar-refractivity contribution < 1.29 is 0 Å². The summed E-state index contributed by atoms with van der Waals surface area (Å²) in [6, 6.07) is 8.41. The Morgan fingerprint density at radius 3 is 2.67 bits per heavy atom. The van der Waals surface area contributed by atoms with E-state index in [1.54, 1.807) is 0 Å². The quantitative estimate of drug-likeness (QED) is 0.937. The molecule has 3 nitrogen and oxygen atoms in total. The summed E-state index contributed by atoms with van der Waals surface area (Å²) >= 11 is 3.61. The van der Waals surface area contributed by atoms with E-state index in [0.29, 0.717) is 5.92 Å². The van der Waals surface area contributed by atoms with Gasteiger partial charge in [0, 0.05) is 17.2 Å². The van der Waals surface area contributed by atoms with Crippen LogP contribution in [-0.4, -0.2) is 16.8 Å². The van der Waals surface area contributed by atoms with Crippen LogP contribution >= 0.6 is 15.9 Å². The average Bonchev–Trinajstić information content (AvgIpc) is 2.79. The summed E-state index contributed by atoms with van der Waals surface area (Å²) in [5, 5.41) is 7.73. The minimum atomic E-state index is 0.452. The number of hydrogen-bond acceptors (Lipinski definition) is 2. The van der Waals surface area contributed by atoms with E-state index in [1.165, 1.54) is 5.56 Å². The molecule has 1 N–H and O–H groups in total. The third-order valence-corrected chi connectivity index (χ3v) is 3.48. The Hall–Kier alpha value is -1.13. The first-order valence-corrected chi connectivity index (χ1v) is 6.90. The smallest absolute Gasteiger partial charge is 0.0787 e. The summed E-state index contributed by atoms with van der Waals surface area (Å²) in [7, 11) is 1.95. The lowest BCUT2D eigenvalue weighted by atomic mass is 10.1. The lowest BCUT2D eigenvalue weighted by Crippen LogP contribution is -2.05. The van der Waals surface area contributed by atoms with Crippen LogP contribution in [0.4, 0.5) is 0 Å². The van der Waals surface area contributed by atoms with Crippen LogP contribution in [0, 0.1) is 0 Å². The highest BCUT2D eigenvalue weighted by Crippen LogP contribution is 2.23. The Kier molecular flexibility index (Phi) is 4.19. The molecule has 0 spiro atoms. The molecule has 1 aromatic heterocycles. The van der Waals surface area contributed by atoms with Crippen molar-refractivity contribution in [2.75, 3.05) is 7.05 Å². The molecule has 0 saturated heterocycles. The van der Waals surface area contributed by atoms with Crippen molar-refractivity contribution in [3.63, 3.8) is 0 Å². The van der Waals surface area contributed by atoms with Gasteiger partial charge in [0.15, 0.2) is 0 Å². The number of hydrogen-bond donors (Lipinski definition) is 1. The summed E-state index contributed by atoms with van der Waals surface area (Å²) in [4.78, 5) is 0. The Labute approximate surface area is 116 Å². The maximum atomic E-state index is 4.59. The summed E-state index contributed by atoms with van der Waals surface area (Å²) in [6.07, 6.45) is 2.01. The molecule has 0 saturated carbocycles. The van der Waals surface area contributed by atoms with Crippen LogP contribution in [0.25, 0.3) is 5.69 Å². The Morgan fingerprint density at radius 1 is 1.33 bits per heavy atom. The molecule has 0 radical (unpaired) electrons. The monoisotopic (exact) mass is 307 g/mol. The molecule has 0 bridgehead atoms. The van der Waals surface area contributed by atoms with Crippen LogP contribution < -0.4 is 5.32 Å². The van der Waals surface area contributed by atoms with E-state index < -0.39 is 0 Å². The first-order chi connectivity index (χ1) is 8.61. The van der Waals surface area contributed by atoms with Crippen molar-refractivity contribution in [3.8, 4) is 5.69 Å². The molecule has 0 fully saturated rings. The van der Waals surface area contributed by atoms with E-state index in [0.717, 1.165) is 22.4 Å². The van der Waals surface area contributed by atoms with Crippen molar-refractivity contribution in [2.45, 2.75) is 26.3 Å². The van der Waals surface area contributed by atoms with Gasteiger partial charge in [-0.05, 0) is 52.7 Å². The zero-order valence-electron chi connectivity index (χ0n) is 10.9. The van der Waals surface area contributed by atoms with Crippen LogP contribution in [0.3, 0.4) is 0 Å². The van der Waals surface area contributed by atoms with Gasteiger partial charge in [-0.1, -0.05) is 19.9 Å². The molecule has 0 unspecified atom stereocenters. The fourth-order valence-electron chi connectivity index (χ4n) is 1.83. The topological polar surface area (TPSA) is 29.9 Å². The van der Waals surface area contributed by atoms with E-state index in [2.05, 4.69) is 64.5 Å². The predicted molar refractivity (Wildman–Crippen MR) is 78.1 cm³/mol. The molecule has 96 valence electrons. The molecule has 18 heavy (non-hydrogen) atoms. The SMILES string of the molecule is CNCc1ccc(-n2ccc(C(C)C)n2)c(Br)c1. The molecule has 0 aliphatic rings. The van der Waals surface area contributed by atoms with E-state index in [-0.39, 0.29) is 0 Å². The highest BCUT2D eigenvalue weighted by Gasteiger charge is 2.07. The van der Waals surface area contributed by atoms with Gasteiger partial charge in [-0.15, -0.1) is 0 Å². The largest absolute Gasteiger partial charge is 0.316 e. The standard InChI is InChI=1S/C14H18BrN3/c1-10(2)13-6-7-18(17-13)14-5-4-11(9-16-3)8-12(14)15/h4-8,10,16H,9H2,1-3H3. The van der Waals surface area contributed by atoms with Gasteiger partial charge >= 0.3 is 0 Å². The third-order valence-electron chi connectivity index (χ3n) is 2.84. The summed E-state index contributed by atoms with van der Waals surface area (Å²) in [6.45, 7) is 5.17. The molecule has 0 atom stereocenters. The Bertz CT molecular complexity index is 532. The first kappa shape index (κ1) is 13.3. The van der Waals surface area contributed by atoms with Gasteiger partial charge in [-0.3, -0.25) is 0 Å². The molecule has 1 heterocycles. The fourth-order valence-corrected chi connectivity index (χ4v) is 2.44. The summed E-state index contributed by atoms with van der Waals surface area (Å²) in [5.74, 6) is 0.452. The number of aromatic nitrogens is 2. The average molecular weight is 308 g/mol. The zero-order chi connectivity index (χ0) is 13.1. The molecule has 0 amide bonds. The highest BCUT2D eigenvalue weighted by atomic mass is 79.9. The van der Waals surface area contributed by atoms with Crippen molar-refractivity contribution in [1.82, 2.24) is 15.1 Å². The van der Waals surface area contributed by atoms with Gasteiger partial charge in [-0.25, -0.2) is 4.68 Å². The number of rotatable bonds is 4. The lowest BCUT2D eigenvalue weighted by Gasteiger charge is -2.07. The number of halogens is 1. The van der Waals surface area contributed by atoms with Gasteiger partial charge in [0.05, 0.1) is 11.4 Å². The van der Waals surface area contributed by atoms with E-state index >= 15 is 0 Å². The molecule has 0 aliphatic heterocycles. The van der Waals surface area contributed by atoms with Gasteiger partial charge in [0.2, 0.25) is 0 Å². The minimum absolute atomic E-state index is 0.452. The first-order valence-electron chi connectivity index (χ1n) is 6.10. The molecule has 1 aromatic carbocycles. The van der Waals surface area contributed by atoms with Gasteiger partial charge in [0.25, 0.3) is 0 Å². The zero-order valence-corrected chi connectivity index (χ0v) is 12.5. The Balaban J connectivity index is 2.32. The lowest BCUT2D eigenvalue weighted by molar-refractivity contribution is 0.765. The van der Waals surface area contributed by atoms with E-state index in [9.17, 15) is 0 Å². The van der Waals surface area contributed by atoms with Crippen molar-refractivity contribution >= 4 is 15.9 Å².